The number of nitrogens with one attached hydrogen (secondary N) is 1. The summed E-state index contributed by atoms with van der Waals surface area (Å²) in [6, 6.07) is 0. The predicted octanol–water partition coefficient (Wildman–Crippen LogP) is 1.04. The van der Waals surface area contributed by atoms with Gasteiger partial charge < -0.3 is 24.6 Å². The van der Waals surface area contributed by atoms with Crippen LogP contribution in [0.2, 0.25) is 0 Å². The van der Waals surface area contributed by atoms with E-state index in [-0.39, 0.29) is 43.7 Å². The number of aliphatic hydroxyl groups excluding tert-OH is 1. The number of rotatable bonds is 15. The fourth-order valence-electron chi connectivity index (χ4n) is 1.52. The van der Waals surface area contributed by atoms with Crippen molar-refractivity contribution >= 4 is 23.6 Å². The zero-order chi connectivity index (χ0) is 18.2. The fraction of sp³-hybridized carbons (Fsp3) is 0.875. The van der Waals surface area contributed by atoms with Crippen LogP contribution in [0.4, 0.5) is 0 Å². The molecule has 0 rings (SSSR count). The quantitative estimate of drug-likeness (QED) is 0.254. The second-order valence-corrected chi connectivity index (χ2v) is 6.55. The van der Waals surface area contributed by atoms with E-state index in [0.717, 1.165) is 12.2 Å². The van der Waals surface area contributed by atoms with Crippen molar-refractivity contribution in [2.45, 2.75) is 27.2 Å². The molecule has 8 heteroatoms. The summed E-state index contributed by atoms with van der Waals surface area (Å²) >= 11 is 1.60. The van der Waals surface area contributed by atoms with Crippen LogP contribution in [0.3, 0.4) is 0 Å². The van der Waals surface area contributed by atoms with E-state index in [1.54, 1.807) is 18.7 Å². The van der Waals surface area contributed by atoms with Gasteiger partial charge in [-0.3, -0.25) is 9.59 Å². The van der Waals surface area contributed by atoms with E-state index in [4.69, 9.17) is 19.3 Å². The summed E-state index contributed by atoms with van der Waals surface area (Å²) in [6.07, 6.45) is 0.825. The first kappa shape index (κ1) is 23.2. The van der Waals surface area contributed by atoms with Crippen molar-refractivity contribution in [2.24, 2.45) is 11.8 Å². The van der Waals surface area contributed by atoms with E-state index in [1.807, 2.05) is 13.8 Å². The second kappa shape index (κ2) is 15.7. The molecule has 0 bridgehead atoms. The molecule has 0 aliphatic heterocycles. The van der Waals surface area contributed by atoms with Crippen molar-refractivity contribution in [3.63, 3.8) is 0 Å². The highest BCUT2D eigenvalue weighted by molar-refractivity contribution is 7.99. The molecule has 1 amide bonds. The molecule has 0 aliphatic rings. The number of aliphatic hydroxyl groups is 1. The fourth-order valence-corrected chi connectivity index (χ4v) is 2.41. The molecule has 0 aromatic rings. The zero-order valence-corrected chi connectivity index (χ0v) is 15.7. The lowest BCUT2D eigenvalue weighted by molar-refractivity contribution is -0.148. The molecule has 2 atom stereocenters. The minimum atomic E-state index is -0.291. The molecule has 0 spiro atoms. The van der Waals surface area contributed by atoms with Gasteiger partial charge in [0.25, 0.3) is 0 Å². The van der Waals surface area contributed by atoms with Gasteiger partial charge in [0, 0.05) is 24.0 Å². The van der Waals surface area contributed by atoms with Gasteiger partial charge in [0.2, 0.25) is 5.91 Å². The van der Waals surface area contributed by atoms with Crippen LogP contribution in [0.1, 0.15) is 27.2 Å². The average Bonchev–Trinajstić information content (AvgIpc) is 2.59. The number of carbonyl (C=O) groups is 2. The first-order valence-corrected chi connectivity index (χ1v) is 9.46. The SMILES string of the molecule is CCC(C)C(=O)NCCOCOCCSCC(C)C(=O)OCCO. The summed E-state index contributed by atoms with van der Waals surface area (Å²) in [4.78, 5) is 22.9. The van der Waals surface area contributed by atoms with Gasteiger partial charge >= 0.3 is 5.97 Å². The van der Waals surface area contributed by atoms with Gasteiger partial charge in [0.1, 0.15) is 13.4 Å². The van der Waals surface area contributed by atoms with Crippen LogP contribution < -0.4 is 5.32 Å². The molecule has 0 heterocycles. The Labute approximate surface area is 148 Å². The Balaban J connectivity index is 3.36. The molecule has 0 fully saturated rings. The number of carbonyl (C=O) groups excluding carboxylic acids is 2. The van der Waals surface area contributed by atoms with E-state index in [1.165, 1.54) is 0 Å². The third kappa shape index (κ3) is 12.6. The molecular weight excluding hydrogens is 334 g/mol. The molecule has 2 N–H and O–H groups in total. The number of hydrogen-bond donors (Lipinski definition) is 2. The lowest BCUT2D eigenvalue weighted by atomic mass is 10.1. The lowest BCUT2D eigenvalue weighted by Crippen LogP contribution is -2.31. The molecule has 0 saturated heterocycles. The highest BCUT2D eigenvalue weighted by Gasteiger charge is 2.13. The zero-order valence-electron chi connectivity index (χ0n) is 14.9. The molecule has 2 unspecified atom stereocenters. The van der Waals surface area contributed by atoms with E-state index in [9.17, 15) is 9.59 Å². The first-order chi connectivity index (χ1) is 11.5. The topological polar surface area (TPSA) is 94.1 Å². The van der Waals surface area contributed by atoms with Crippen LogP contribution in [0.15, 0.2) is 0 Å². The third-order valence-electron chi connectivity index (χ3n) is 3.25. The molecule has 0 saturated carbocycles. The Kier molecular flexibility index (Phi) is 15.1. The Morgan fingerprint density at radius 2 is 1.83 bits per heavy atom. The summed E-state index contributed by atoms with van der Waals surface area (Å²) in [5, 5.41) is 11.4. The molecule has 0 aromatic heterocycles. The minimum absolute atomic E-state index is 0.0292. The molecule has 7 nitrogen and oxygen atoms in total. The van der Waals surface area contributed by atoms with Gasteiger partial charge in [-0.1, -0.05) is 20.8 Å². The molecule has 24 heavy (non-hydrogen) atoms. The number of thioether (sulfide) groups is 1. The van der Waals surface area contributed by atoms with Crippen LogP contribution >= 0.6 is 11.8 Å². The summed E-state index contributed by atoms with van der Waals surface area (Å²) in [5.74, 6) is 0.987. The van der Waals surface area contributed by atoms with Gasteiger partial charge in [-0.25, -0.2) is 0 Å². The number of ether oxygens (including phenoxy) is 3. The molecular formula is C16H31NO6S. The van der Waals surface area contributed by atoms with Gasteiger partial charge in [0.05, 0.1) is 25.7 Å². The minimum Gasteiger partial charge on any atom is -0.463 e. The van der Waals surface area contributed by atoms with Gasteiger partial charge in [0.15, 0.2) is 0 Å². The number of hydrogen-bond acceptors (Lipinski definition) is 7. The van der Waals surface area contributed by atoms with Crippen molar-refractivity contribution < 1.29 is 28.9 Å². The molecule has 0 radical (unpaired) electrons. The van der Waals surface area contributed by atoms with Crippen LogP contribution in [-0.2, 0) is 23.8 Å². The van der Waals surface area contributed by atoms with Crippen molar-refractivity contribution in [2.75, 3.05) is 51.3 Å². The number of esters is 1. The lowest BCUT2D eigenvalue weighted by Gasteiger charge is -2.11. The van der Waals surface area contributed by atoms with Crippen molar-refractivity contribution in [1.29, 1.82) is 0 Å². The highest BCUT2D eigenvalue weighted by Crippen LogP contribution is 2.09. The predicted molar refractivity (Wildman–Crippen MR) is 93.8 cm³/mol. The summed E-state index contributed by atoms with van der Waals surface area (Å²) in [6.45, 7) is 7.18. The van der Waals surface area contributed by atoms with Crippen molar-refractivity contribution in [1.82, 2.24) is 5.32 Å². The van der Waals surface area contributed by atoms with Gasteiger partial charge in [-0.05, 0) is 6.42 Å². The summed E-state index contributed by atoms with van der Waals surface area (Å²) < 4.78 is 15.4. The van der Waals surface area contributed by atoms with E-state index in [0.29, 0.717) is 25.5 Å². The van der Waals surface area contributed by atoms with Crippen molar-refractivity contribution in [3.05, 3.63) is 0 Å². The van der Waals surface area contributed by atoms with E-state index >= 15 is 0 Å². The monoisotopic (exact) mass is 365 g/mol. The second-order valence-electron chi connectivity index (χ2n) is 5.40. The third-order valence-corrected chi connectivity index (χ3v) is 4.44. The Morgan fingerprint density at radius 3 is 2.50 bits per heavy atom. The first-order valence-electron chi connectivity index (χ1n) is 8.31. The van der Waals surface area contributed by atoms with Crippen LogP contribution in [0.5, 0.6) is 0 Å². The van der Waals surface area contributed by atoms with Crippen LogP contribution in [-0.4, -0.2) is 68.3 Å². The summed E-state index contributed by atoms with van der Waals surface area (Å²) in [7, 11) is 0. The standard InChI is InChI=1S/C16H31NO6S/c1-4-13(2)15(19)17-5-7-21-12-22-9-10-24-11-14(3)16(20)23-8-6-18/h13-14,18H,4-12H2,1-3H3,(H,17,19). The highest BCUT2D eigenvalue weighted by atomic mass is 32.2. The van der Waals surface area contributed by atoms with Crippen LogP contribution in [0.25, 0.3) is 0 Å². The number of amides is 1. The van der Waals surface area contributed by atoms with E-state index < -0.39 is 0 Å². The maximum Gasteiger partial charge on any atom is 0.309 e. The van der Waals surface area contributed by atoms with Crippen molar-refractivity contribution in [3.8, 4) is 0 Å². The van der Waals surface area contributed by atoms with Crippen LogP contribution in [0, 0.1) is 11.8 Å². The van der Waals surface area contributed by atoms with Gasteiger partial charge in [-0.2, -0.15) is 11.8 Å². The normalized spacial score (nSPS) is 13.3. The molecule has 142 valence electrons. The van der Waals surface area contributed by atoms with E-state index in [2.05, 4.69) is 5.32 Å². The average molecular weight is 365 g/mol. The molecule has 0 aromatic carbocycles. The Hall–Kier alpha value is -0.830. The smallest absolute Gasteiger partial charge is 0.309 e. The summed E-state index contributed by atoms with van der Waals surface area (Å²) in [5.41, 5.74) is 0. The Morgan fingerprint density at radius 1 is 1.12 bits per heavy atom. The largest absolute Gasteiger partial charge is 0.463 e. The Bertz CT molecular complexity index is 343. The molecule has 0 aliphatic carbocycles. The maximum atomic E-state index is 11.5. The van der Waals surface area contributed by atoms with Gasteiger partial charge in [-0.15, -0.1) is 0 Å². The maximum absolute atomic E-state index is 11.5.